The molecule has 2 fully saturated rings. The summed E-state index contributed by atoms with van der Waals surface area (Å²) < 4.78 is 5.44. The van der Waals surface area contributed by atoms with Crippen molar-refractivity contribution < 1.29 is 19.3 Å². The third-order valence-corrected chi connectivity index (χ3v) is 5.30. The van der Waals surface area contributed by atoms with Gasteiger partial charge in [0.1, 0.15) is 12.0 Å². The van der Waals surface area contributed by atoms with E-state index in [4.69, 9.17) is 4.74 Å². The number of halogens is 1. The van der Waals surface area contributed by atoms with Gasteiger partial charge in [0.2, 0.25) is 0 Å². The number of nitrogens with zero attached hydrogens (tertiary/aromatic N) is 1. The van der Waals surface area contributed by atoms with Gasteiger partial charge in [0, 0.05) is 25.7 Å². The van der Waals surface area contributed by atoms with E-state index in [0.29, 0.717) is 12.8 Å². The van der Waals surface area contributed by atoms with Crippen LogP contribution in [0.4, 0.5) is 0 Å². The summed E-state index contributed by atoms with van der Waals surface area (Å²) in [5.74, 6) is -1.03. The molecule has 2 heterocycles. The Morgan fingerprint density at radius 3 is 2.39 bits per heavy atom. The number of esters is 1. The predicted molar refractivity (Wildman–Crippen MR) is 89.0 cm³/mol. The largest absolute Gasteiger partial charge is 0.633 e. The van der Waals surface area contributed by atoms with E-state index in [1.165, 1.54) is 0 Å². The van der Waals surface area contributed by atoms with E-state index in [9.17, 15) is 15.1 Å². The van der Waals surface area contributed by atoms with Gasteiger partial charge in [-0.15, -0.1) is 12.4 Å². The number of fused-ring (bicyclic) bond motifs is 2. The molecule has 2 aliphatic heterocycles. The molecule has 2 unspecified atom stereocenters. The van der Waals surface area contributed by atoms with Crippen LogP contribution in [0.1, 0.15) is 37.2 Å². The topological polar surface area (TPSA) is 69.6 Å². The minimum absolute atomic E-state index is 0. The van der Waals surface area contributed by atoms with Crippen LogP contribution in [0.3, 0.4) is 0 Å². The lowest BCUT2D eigenvalue weighted by Crippen LogP contribution is -2.55. The third-order valence-electron chi connectivity index (χ3n) is 5.30. The smallest absolute Gasteiger partial charge is 0.316 e. The number of aliphatic hydroxyl groups excluding tert-OH is 1. The summed E-state index contributed by atoms with van der Waals surface area (Å²) in [6.07, 6.45) is 2.91. The quantitative estimate of drug-likeness (QED) is 0.518. The first-order chi connectivity index (χ1) is 10.5. The lowest BCUT2D eigenvalue weighted by atomic mass is 9.98. The number of ether oxygens (including phenoxy) is 1. The first-order valence-corrected chi connectivity index (χ1v) is 7.95. The van der Waals surface area contributed by atoms with Crippen LogP contribution in [-0.2, 0) is 9.53 Å². The molecule has 1 aromatic carbocycles. The highest BCUT2D eigenvalue weighted by Crippen LogP contribution is 2.41. The lowest BCUT2D eigenvalue weighted by molar-refractivity contribution is -0.903. The van der Waals surface area contributed by atoms with Gasteiger partial charge >= 0.3 is 5.97 Å². The van der Waals surface area contributed by atoms with Crippen molar-refractivity contribution in [3.63, 3.8) is 0 Å². The third kappa shape index (κ3) is 3.53. The average Bonchev–Trinajstić information content (AvgIpc) is 2.68. The van der Waals surface area contributed by atoms with Crippen LogP contribution in [0.2, 0.25) is 0 Å². The number of piperidine rings is 1. The summed E-state index contributed by atoms with van der Waals surface area (Å²) >= 11 is 0. The Kier molecular flexibility index (Phi) is 5.68. The number of hydroxylamine groups is 3. The Morgan fingerprint density at radius 2 is 1.87 bits per heavy atom. The van der Waals surface area contributed by atoms with Crippen LogP contribution in [0, 0.1) is 5.21 Å². The molecule has 3 rings (SSSR count). The minimum atomic E-state index is -0.645. The Morgan fingerprint density at radius 1 is 1.30 bits per heavy atom. The summed E-state index contributed by atoms with van der Waals surface area (Å²) in [7, 11) is 1.74. The molecule has 5 atom stereocenters. The second kappa shape index (κ2) is 7.18. The fraction of sp³-hybridized carbons (Fsp3) is 0.588. The number of benzene rings is 1. The molecule has 5 nitrogen and oxygen atoms in total. The van der Waals surface area contributed by atoms with Crippen molar-refractivity contribution in [2.45, 2.75) is 49.8 Å². The second-order valence-corrected chi connectivity index (χ2v) is 6.62. The normalized spacial score (nSPS) is 33.6. The molecule has 1 N–H and O–H groups in total. The number of hydrogen-bond donors (Lipinski definition) is 1. The molecule has 0 spiro atoms. The van der Waals surface area contributed by atoms with E-state index < -0.39 is 5.92 Å². The Labute approximate surface area is 142 Å². The molecule has 2 aliphatic rings. The summed E-state index contributed by atoms with van der Waals surface area (Å²) in [5, 5.41) is 22.0. The van der Waals surface area contributed by atoms with Gasteiger partial charge in [-0.05, 0) is 5.56 Å². The Hall–Kier alpha value is -1.14. The predicted octanol–water partition coefficient (Wildman–Crippen LogP) is 2.37. The van der Waals surface area contributed by atoms with E-state index >= 15 is 0 Å². The fourth-order valence-electron chi connectivity index (χ4n) is 3.90. The molecule has 23 heavy (non-hydrogen) atoms. The molecule has 0 radical (unpaired) electrons. The maximum absolute atomic E-state index is 12.4. The molecular weight excluding hydrogens is 318 g/mol. The number of quaternary nitrogens is 1. The van der Waals surface area contributed by atoms with E-state index in [1.54, 1.807) is 7.05 Å². The molecule has 2 saturated heterocycles. The zero-order chi connectivity index (χ0) is 15.7. The van der Waals surface area contributed by atoms with Crippen molar-refractivity contribution in [3.8, 4) is 0 Å². The summed E-state index contributed by atoms with van der Waals surface area (Å²) in [4.78, 5) is 12.4. The van der Waals surface area contributed by atoms with E-state index in [-0.39, 0.29) is 47.8 Å². The van der Waals surface area contributed by atoms with Crippen LogP contribution in [0.25, 0.3) is 0 Å². The first-order valence-electron chi connectivity index (χ1n) is 7.95. The summed E-state index contributed by atoms with van der Waals surface area (Å²) in [5.41, 5.74) is 0.762. The highest BCUT2D eigenvalue weighted by molar-refractivity contribution is 5.85. The molecule has 1 aromatic rings. The average molecular weight is 342 g/mol. The molecule has 0 saturated carbocycles. The van der Waals surface area contributed by atoms with Gasteiger partial charge < -0.3 is 19.7 Å². The molecule has 128 valence electrons. The molecule has 2 bridgehead atoms. The van der Waals surface area contributed by atoms with Crippen molar-refractivity contribution in [1.29, 1.82) is 0 Å². The van der Waals surface area contributed by atoms with Crippen LogP contribution in [0.15, 0.2) is 30.3 Å². The van der Waals surface area contributed by atoms with Crippen molar-refractivity contribution in [3.05, 3.63) is 41.1 Å². The highest BCUT2D eigenvalue weighted by Gasteiger charge is 2.48. The van der Waals surface area contributed by atoms with Gasteiger partial charge in [0.25, 0.3) is 0 Å². The number of carbonyl (C=O) groups excluding carboxylic acids is 1. The van der Waals surface area contributed by atoms with E-state index in [2.05, 4.69) is 0 Å². The van der Waals surface area contributed by atoms with Crippen molar-refractivity contribution in [1.82, 2.24) is 0 Å². The second-order valence-electron chi connectivity index (χ2n) is 6.62. The monoisotopic (exact) mass is 341 g/mol. The zero-order valence-corrected chi connectivity index (χ0v) is 14.1. The molecular formula is C17H24ClNO4. The fourth-order valence-corrected chi connectivity index (χ4v) is 3.90. The first kappa shape index (κ1) is 18.2. The van der Waals surface area contributed by atoms with E-state index in [0.717, 1.165) is 18.4 Å². The lowest BCUT2D eigenvalue weighted by Gasteiger charge is -2.50. The van der Waals surface area contributed by atoms with Crippen LogP contribution < -0.4 is 0 Å². The number of rotatable bonds is 4. The molecule has 0 amide bonds. The van der Waals surface area contributed by atoms with Crippen molar-refractivity contribution in [2.24, 2.45) is 0 Å². The van der Waals surface area contributed by atoms with Crippen LogP contribution in [0.5, 0.6) is 0 Å². The van der Waals surface area contributed by atoms with E-state index in [1.807, 2.05) is 30.3 Å². The van der Waals surface area contributed by atoms with Crippen molar-refractivity contribution >= 4 is 18.4 Å². The van der Waals surface area contributed by atoms with Crippen molar-refractivity contribution in [2.75, 3.05) is 13.7 Å². The highest BCUT2D eigenvalue weighted by atomic mass is 35.5. The van der Waals surface area contributed by atoms with Gasteiger partial charge in [-0.3, -0.25) is 4.79 Å². The number of aliphatic hydroxyl groups is 1. The van der Waals surface area contributed by atoms with Gasteiger partial charge in [-0.25, -0.2) is 0 Å². The summed E-state index contributed by atoms with van der Waals surface area (Å²) in [6, 6.07) is 9.27. The standard InChI is InChI=1S/C17H23NO4.ClH/c1-18(21)13-7-8-14(18)10-15(9-13)22-17(20)16(11-19)12-5-3-2-4-6-12;/h2-6,13-16,19H,7-11H2,1H3;1H/t13-,14+,15?,16-,18?;/m0./s1. The van der Waals surface area contributed by atoms with Gasteiger partial charge in [0.15, 0.2) is 0 Å². The molecule has 0 aliphatic carbocycles. The minimum Gasteiger partial charge on any atom is -0.633 e. The maximum atomic E-state index is 12.4. The van der Waals surface area contributed by atoms with Gasteiger partial charge in [-0.1, -0.05) is 30.3 Å². The van der Waals surface area contributed by atoms with Crippen LogP contribution in [-0.4, -0.2) is 47.6 Å². The summed E-state index contributed by atoms with van der Waals surface area (Å²) in [6.45, 7) is -0.266. The van der Waals surface area contributed by atoms with Gasteiger partial charge in [0.05, 0.1) is 25.7 Å². The Balaban J connectivity index is 0.00000192. The zero-order valence-electron chi connectivity index (χ0n) is 13.3. The van der Waals surface area contributed by atoms with Crippen LogP contribution >= 0.6 is 12.4 Å². The number of hydrogen-bond acceptors (Lipinski definition) is 4. The van der Waals surface area contributed by atoms with Gasteiger partial charge in [-0.2, -0.15) is 0 Å². The maximum Gasteiger partial charge on any atom is 0.316 e. The number of carbonyl (C=O) groups is 1. The SMILES string of the molecule is C[N+]1([O-])[C@@H]2CC[C@H]1CC(OC(=O)[C@@H](CO)c1ccccc1)C2.Cl. The molecule has 0 aromatic heterocycles. The Bertz CT molecular complexity index is 521. The molecule has 6 heteroatoms.